The first-order valence-electron chi connectivity index (χ1n) is 7.97. The molecular weight excluding hydrogens is 437 g/mol. The molecule has 0 aliphatic carbocycles. The van der Waals surface area contributed by atoms with E-state index in [0.29, 0.717) is 11.6 Å². The van der Waals surface area contributed by atoms with Gasteiger partial charge in [0.25, 0.3) is 0 Å². The van der Waals surface area contributed by atoms with Gasteiger partial charge in [-0.3, -0.25) is 9.78 Å². The molecule has 3 N–H and O–H groups in total. The van der Waals surface area contributed by atoms with Crippen molar-refractivity contribution in [3.8, 4) is 0 Å². The fourth-order valence-electron chi connectivity index (χ4n) is 2.38. The van der Waals surface area contributed by atoms with Gasteiger partial charge in [-0.2, -0.15) is 11.8 Å². The fourth-order valence-corrected chi connectivity index (χ4v) is 3.62. The highest BCUT2D eigenvalue weighted by Crippen LogP contribution is 2.36. The number of hydrogen-bond donors (Lipinski definition) is 3. The summed E-state index contributed by atoms with van der Waals surface area (Å²) in [4.78, 5) is 20.3. The Balaban J connectivity index is 0.00000288. The van der Waals surface area contributed by atoms with Gasteiger partial charge in [-0.15, -0.1) is 24.0 Å². The maximum Gasteiger partial charge on any atom is 0.246 e. The third-order valence-electron chi connectivity index (χ3n) is 3.60. The summed E-state index contributed by atoms with van der Waals surface area (Å²) >= 11 is 2.00. The summed E-state index contributed by atoms with van der Waals surface area (Å²) in [5, 5.41) is 9.30. The van der Waals surface area contributed by atoms with E-state index in [2.05, 4.69) is 32.9 Å². The third-order valence-corrected chi connectivity index (χ3v) is 5.14. The van der Waals surface area contributed by atoms with Gasteiger partial charge in [0.2, 0.25) is 5.91 Å². The summed E-state index contributed by atoms with van der Waals surface area (Å²) in [5.41, 5.74) is 0.681. The van der Waals surface area contributed by atoms with Gasteiger partial charge in [0, 0.05) is 24.0 Å². The molecule has 1 aliphatic heterocycles. The topological polar surface area (TPSA) is 78.4 Å². The van der Waals surface area contributed by atoms with Gasteiger partial charge in [-0.05, 0) is 44.6 Å². The minimum atomic E-state index is -0.156. The van der Waals surface area contributed by atoms with Gasteiger partial charge in [-0.25, -0.2) is 4.99 Å². The van der Waals surface area contributed by atoms with Crippen molar-refractivity contribution in [1.82, 2.24) is 15.6 Å². The molecule has 2 rings (SSSR count). The van der Waals surface area contributed by atoms with E-state index < -0.39 is 0 Å². The van der Waals surface area contributed by atoms with E-state index in [4.69, 9.17) is 0 Å². The lowest BCUT2D eigenvalue weighted by Gasteiger charge is -2.24. The lowest BCUT2D eigenvalue weighted by molar-refractivity contribution is -0.114. The number of halogens is 1. The standard InChI is InChI=1S/C16H25N5OS.HI/c1-3-18-15(20-12-16(2)7-5-9-23-16)19-11-14(22)21-13-6-4-8-17-10-13;/h4,6,8,10H,3,5,7,9,11-12H2,1-2H3,(H,21,22)(H2,18,19,20);1H. The van der Waals surface area contributed by atoms with Crippen molar-refractivity contribution in [2.45, 2.75) is 31.4 Å². The van der Waals surface area contributed by atoms with Crippen LogP contribution in [-0.2, 0) is 4.79 Å². The summed E-state index contributed by atoms with van der Waals surface area (Å²) < 4.78 is 0.258. The number of aliphatic imine (C=N–C) groups is 1. The summed E-state index contributed by atoms with van der Waals surface area (Å²) in [6.07, 6.45) is 5.77. The van der Waals surface area contributed by atoms with E-state index in [-0.39, 0.29) is 41.2 Å². The van der Waals surface area contributed by atoms with Crippen LogP contribution in [0.4, 0.5) is 5.69 Å². The molecular formula is C16H26IN5OS. The number of rotatable bonds is 6. The normalized spacial score (nSPS) is 20.2. The molecule has 0 bridgehead atoms. The van der Waals surface area contributed by atoms with E-state index in [1.165, 1.54) is 18.6 Å². The van der Waals surface area contributed by atoms with Crippen molar-refractivity contribution in [3.63, 3.8) is 0 Å². The second kappa shape index (κ2) is 10.8. The second-order valence-corrected chi connectivity index (χ2v) is 7.42. The zero-order chi connectivity index (χ0) is 16.5. The van der Waals surface area contributed by atoms with Crippen molar-refractivity contribution in [2.24, 2.45) is 4.99 Å². The van der Waals surface area contributed by atoms with E-state index in [9.17, 15) is 4.79 Å². The number of hydrogen-bond acceptors (Lipinski definition) is 4. The van der Waals surface area contributed by atoms with E-state index in [0.717, 1.165) is 13.1 Å². The highest BCUT2D eigenvalue weighted by atomic mass is 127. The average molecular weight is 463 g/mol. The Labute approximate surface area is 165 Å². The number of amides is 1. The van der Waals surface area contributed by atoms with Crippen molar-refractivity contribution in [2.75, 3.05) is 30.7 Å². The van der Waals surface area contributed by atoms with Gasteiger partial charge in [-0.1, -0.05) is 0 Å². The minimum Gasteiger partial charge on any atom is -0.357 e. The number of carbonyl (C=O) groups excluding carboxylic acids is 1. The molecule has 0 radical (unpaired) electrons. The molecule has 1 aliphatic rings. The predicted octanol–water partition coefficient (Wildman–Crippen LogP) is 2.48. The molecule has 8 heteroatoms. The Morgan fingerprint density at radius 3 is 2.92 bits per heavy atom. The molecule has 1 saturated heterocycles. The summed E-state index contributed by atoms with van der Waals surface area (Å²) in [6.45, 7) is 5.98. The Kier molecular flexibility index (Phi) is 9.42. The maximum atomic E-state index is 11.9. The number of guanidine groups is 1. The highest BCUT2D eigenvalue weighted by Gasteiger charge is 2.29. The molecule has 0 spiro atoms. The van der Waals surface area contributed by atoms with Crippen LogP contribution in [0.2, 0.25) is 0 Å². The number of carbonyl (C=O) groups is 1. The SMILES string of the molecule is CCNC(=NCC(=O)Nc1cccnc1)NCC1(C)CCCS1.I. The maximum absolute atomic E-state index is 11.9. The van der Waals surface area contributed by atoms with Gasteiger partial charge in [0.15, 0.2) is 5.96 Å². The molecule has 134 valence electrons. The molecule has 0 aromatic carbocycles. The number of aromatic nitrogens is 1. The zero-order valence-electron chi connectivity index (χ0n) is 14.2. The Hall–Kier alpha value is -1.03. The Bertz CT molecular complexity index is 535. The van der Waals surface area contributed by atoms with Crippen LogP contribution in [-0.4, -0.2) is 47.0 Å². The first kappa shape index (κ1) is 21.0. The van der Waals surface area contributed by atoms with Crippen molar-refractivity contribution in [1.29, 1.82) is 0 Å². The van der Waals surface area contributed by atoms with Gasteiger partial charge < -0.3 is 16.0 Å². The molecule has 1 aromatic rings. The first-order valence-corrected chi connectivity index (χ1v) is 8.96. The van der Waals surface area contributed by atoms with Gasteiger partial charge >= 0.3 is 0 Å². The van der Waals surface area contributed by atoms with Crippen LogP contribution in [0.5, 0.6) is 0 Å². The quantitative estimate of drug-likeness (QED) is 0.343. The summed E-state index contributed by atoms with van der Waals surface area (Å²) in [5.74, 6) is 1.75. The Morgan fingerprint density at radius 1 is 1.46 bits per heavy atom. The predicted molar refractivity (Wildman–Crippen MR) is 112 cm³/mol. The molecule has 1 unspecified atom stereocenters. The molecule has 1 fully saturated rings. The largest absolute Gasteiger partial charge is 0.357 e. The third kappa shape index (κ3) is 7.25. The lowest BCUT2D eigenvalue weighted by Crippen LogP contribution is -2.44. The molecule has 6 nitrogen and oxygen atoms in total. The van der Waals surface area contributed by atoms with Gasteiger partial charge in [0.05, 0.1) is 11.9 Å². The van der Waals surface area contributed by atoms with Crippen molar-refractivity contribution in [3.05, 3.63) is 24.5 Å². The minimum absolute atomic E-state index is 0. The van der Waals surface area contributed by atoms with Crippen molar-refractivity contribution < 1.29 is 4.79 Å². The van der Waals surface area contributed by atoms with E-state index >= 15 is 0 Å². The number of nitrogens with one attached hydrogen (secondary N) is 3. The van der Waals surface area contributed by atoms with Crippen LogP contribution < -0.4 is 16.0 Å². The van der Waals surface area contributed by atoms with Crippen LogP contribution in [0.1, 0.15) is 26.7 Å². The number of pyridine rings is 1. The fraction of sp³-hybridized carbons (Fsp3) is 0.562. The molecule has 1 amide bonds. The van der Waals surface area contributed by atoms with Crippen LogP contribution in [0, 0.1) is 0 Å². The van der Waals surface area contributed by atoms with Gasteiger partial charge in [0.1, 0.15) is 6.54 Å². The molecule has 0 saturated carbocycles. The van der Waals surface area contributed by atoms with Crippen LogP contribution >= 0.6 is 35.7 Å². The summed E-state index contributed by atoms with van der Waals surface area (Å²) in [6, 6.07) is 3.58. The molecule has 1 atom stereocenters. The Morgan fingerprint density at radius 2 is 2.29 bits per heavy atom. The number of nitrogens with zero attached hydrogens (tertiary/aromatic N) is 2. The smallest absolute Gasteiger partial charge is 0.246 e. The highest BCUT2D eigenvalue weighted by molar-refractivity contribution is 14.0. The van der Waals surface area contributed by atoms with Crippen LogP contribution in [0.25, 0.3) is 0 Å². The zero-order valence-corrected chi connectivity index (χ0v) is 17.3. The van der Waals surface area contributed by atoms with Crippen LogP contribution in [0.3, 0.4) is 0 Å². The molecule has 1 aromatic heterocycles. The first-order chi connectivity index (χ1) is 11.1. The van der Waals surface area contributed by atoms with E-state index in [1.54, 1.807) is 24.5 Å². The van der Waals surface area contributed by atoms with Crippen molar-refractivity contribution >= 4 is 53.3 Å². The van der Waals surface area contributed by atoms with Crippen LogP contribution in [0.15, 0.2) is 29.5 Å². The molecule has 24 heavy (non-hydrogen) atoms. The second-order valence-electron chi connectivity index (χ2n) is 5.74. The van der Waals surface area contributed by atoms with E-state index in [1.807, 2.05) is 18.7 Å². The number of anilines is 1. The average Bonchev–Trinajstić information content (AvgIpc) is 2.98. The number of thioether (sulfide) groups is 1. The molecule has 2 heterocycles. The lowest BCUT2D eigenvalue weighted by atomic mass is 10.1. The summed E-state index contributed by atoms with van der Waals surface area (Å²) in [7, 11) is 0. The monoisotopic (exact) mass is 463 g/mol.